The topological polar surface area (TPSA) is 61.3 Å². The molecule has 184 valence electrons. The lowest BCUT2D eigenvalue weighted by Gasteiger charge is -2.36. The first-order valence-corrected chi connectivity index (χ1v) is 12.7. The van der Waals surface area contributed by atoms with E-state index in [0.717, 1.165) is 41.8 Å². The van der Waals surface area contributed by atoms with Gasteiger partial charge in [-0.2, -0.15) is 39.9 Å². The van der Waals surface area contributed by atoms with Crippen LogP contribution in [0, 0.1) is 6.92 Å². The van der Waals surface area contributed by atoms with E-state index in [1.54, 1.807) is 4.90 Å². The molecule has 2 aliphatic heterocycles. The molecule has 35 heavy (non-hydrogen) atoms. The van der Waals surface area contributed by atoms with Gasteiger partial charge in [-0.15, -0.1) is 0 Å². The van der Waals surface area contributed by atoms with E-state index in [1.165, 1.54) is 12.3 Å². The van der Waals surface area contributed by atoms with Crippen LogP contribution in [0.4, 0.5) is 30.9 Å². The highest BCUT2D eigenvalue weighted by atomic mass is 32.2. The summed E-state index contributed by atoms with van der Waals surface area (Å²) in [5.41, 5.74) is 1.33. The summed E-state index contributed by atoms with van der Waals surface area (Å²) >= 11 is 1.91. The molecular weight excluding hydrogens is 475 g/mol. The molecule has 2 saturated heterocycles. The largest absolute Gasteiger partial charge is 0.419 e. The normalized spacial score (nSPS) is 17.1. The molecule has 7 nitrogen and oxygen atoms in total. The SMILES string of the molecule is Cc1cccc(-c2nc(N3CCSCC3)nc(N3CCN(c4ncccc4C(F)(F)F)CC3)n2)c1. The van der Waals surface area contributed by atoms with Crippen molar-refractivity contribution < 1.29 is 13.2 Å². The lowest BCUT2D eigenvalue weighted by atomic mass is 10.1. The number of nitrogens with zero attached hydrogens (tertiary/aromatic N) is 7. The quantitative estimate of drug-likeness (QED) is 0.529. The average Bonchev–Trinajstić information content (AvgIpc) is 2.88. The first-order valence-electron chi connectivity index (χ1n) is 11.6. The predicted molar refractivity (Wildman–Crippen MR) is 133 cm³/mol. The highest BCUT2D eigenvalue weighted by Crippen LogP contribution is 2.35. The molecule has 1 aromatic carbocycles. The van der Waals surface area contributed by atoms with Crippen LogP contribution < -0.4 is 14.7 Å². The fraction of sp³-hybridized carbons (Fsp3) is 0.417. The summed E-state index contributed by atoms with van der Waals surface area (Å²) in [5, 5.41) is 0. The monoisotopic (exact) mass is 501 g/mol. The van der Waals surface area contributed by atoms with Crippen LogP contribution >= 0.6 is 11.8 Å². The van der Waals surface area contributed by atoms with Crippen molar-refractivity contribution >= 4 is 29.5 Å². The Morgan fingerprint density at radius 2 is 1.46 bits per heavy atom. The highest BCUT2D eigenvalue weighted by molar-refractivity contribution is 7.99. The molecular formula is C24H26F3N7S. The zero-order valence-electron chi connectivity index (χ0n) is 19.4. The second kappa shape index (κ2) is 9.88. The van der Waals surface area contributed by atoms with Crippen molar-refractivity contribution in [3.05, 3.63) is 53.7 Å². The van der Waals surface area contributed by atoms with Crippen LogP contribution in [-0.4, -0.2) is 70.7 Å². The van der Waals surface area contributed by atoms with Crippen LogP contribution in [0.1, 0.15) is 11.1 Å². The number of piperazine rings is 1. The number of benzene rings is 1. The summed E-state index contributed by atoms with van der Waals surface area (Å²) in [6, 6.07) is 10.4. The van der Waals surface area contributed by atoms with Gasteiger partial charge >= 0.3 is 6.18 Å². The van der Waals surface area contributed by atoms with Gasteiger partial charge in [0, 0.05) is 62.5 Å². The Balaban J connectivity index is 1.42. The highest BCUT2D eigenvalue weighted by Gasteiger charge is 2.36. The lowest BCUT2D eigenvalue weighted by molar-refractivity contribution is -0.137. The van der Waals surface area contributed by atoms with Crippen LogP contribution in [0.3, 0.4) is 0 Å². The summed E-state index contributed by atoms with van der Waals surface area (Å²) in [6.07, 6.45) is -3.04. The van der Waals surface area contributed by atoms with Gasteiger partial charge in [-0.25, -0.2) is 4.98 Å². The average molecular weight is 502 g/mol. The van der Waals surface area contributed by atoms with Crippen molar-refractivity contribution in [1.82, 2.24) is 19.9 Å². The molecule has 2 fully saturated rings. The number of alkyl halides is 3. The van der Waals surface area contributed by atoms with Crippen LogP contribution in [0.2, 0.25) is 0 Å². The standard InChI is InChI=1S/C24H26F3N7S/c1-17-4-2-5-18(16-17)20-29-22(31-23(30-20)34-12-14-35-15-13-34)33-10-8-32(9-11-33)21-19(24(25,26)27)6-3-7-28-21/h2-7,16H,8-15H2,1H3. The molecule has 0 unspecified atom stereocenters. The van der Waals surface area contributed by atoms with Gasteiger partial charge in [-0.1, -0.05) is 23.8 Å². The second-order valence-electron chi connectivity index (χ2n) is 8.57. The Hall–Kier alpha value is -3.08. The zero-order valence-corrected chi connectivity index (χ0v) is 20.2. The van der Waals surface area contributed by atoms with Crippen molar-refractivity contribution in [3.63, 3.8) is 0 Å². The van der Waals surface area contributed by atoms with E-state index in [-0.39, 0.29) is 5.82 Å². The van der Waals surface area contributed by atoms with E-state index < -0.39 is 11.7 Å². The number of pyridine rings is 1. The molecule has 0 spiro atoms. The minimum absolute atomic E-state index is 0.0257. The number of aryl methyl sites for hydroxylation is 1. The van der Waals surface area contributed by atoms with Gasteiger partial charge in [0.2, 0.25) is 11.9 Å². The molecule has 0 N–H and O–H groups in total. The maximum Gasteiger partial charge on any atom is 0.419 e. The summed E-state index contributed by atoms with van der Waals surface area (Å²) in [6.45, 7) is 5.52. The van der Waals surface area contributed by atoms with Gasteiger partial charge in [-0.05, 0) is 25.1 Å². The Bertz CT molecular complexity index is 1180. The van der Waals surface area contributed by atoms with Crippen molar-refractivity contribution in [3.8, 4) is 11.4 Å². The first-order chi connectivity index (χ1) is 16.9. The van der Waals surface area contributed by atoms with Crippen LogP contribution in [-0.2, 0) is 6.18 Å². The molecule has 0 amide bonds. The van der Waals surface area contributed by atoms with Gasteiger partial charge in [0.05, 0.1) is 5.56 Å². The Kier molecular flexibility index (Phi) is 6.68. The van der Waals surface area contributed by atoms with Crippen molar-refractivity contribution in [2.75, 3.05) is 65.5 Å². The molecule has 0 radical (unpaired) electrons. The second-order valence-corrected chi connectivity index (χ2v) is 9.80. The van der Waals surface area contributed by atoms with E-state index in [4.69, 9.17) is 15.0 Å². The first kappa shape index (κ1) is 23.7. The van der Waals surface area contributed by atoms with E-state index in [9.17, 15) is 13.2 Å². The third kappa shape index (κ3) is 5.29. The van der Waals surface area contributed by atoms with Gasteiger partial charge in [0.25, 0.3) is 0 Å². The van der Waals surface area contributed by atoms with Gasteiger partial charge < -0.3 is 14.7 Å². The molecule has 0 aliphatic carbocycles. The molecule has 11 heteroatoms. The fourth-order valence-corrected chi connectivity index (χ4v) is 5.20. The van der Waals surface area contributed by atoms with Crippen LogP contribution in [0.5, 0.6) is 0 Å². The van der Waals surface area contributed by atoms with Crippen molar-refractivity contribution in [2.45, 2.75) is 13.1 Å². The molecule has 2 aliphatic rings. The molecule has 2 aromatic heterocycles. The van der Waals surface area contributed by atoms with Crippen LogP contribution in [0.25, 0.3) is 11.4 Å². The summed E-state index contributed by atoms with van der Waals surface area (Å²) in [4.78, 5) is 24.3. The van der Waals surface area contributed by atoms with E-state index in [2.05, 4.69) is 9.88 Å². The van der Waals surface area contributed by atoms with Crippen molar-refractivity contribution in [2.24, 2.45) is 0 Å². The summed E-state index contributed by atoms with van der Waals surface area (Å²) < 4.78 is 40.5. The predicted octanol–water partition coefficient (Wildman–Crippen LogP) is 4.14. The van der Waals surface area contributed by atoms with E-state index in [0.29, 0.717) is 43.9 Å². The number of halogens is 3. The lowest BCUT2D eigenvalue weighted by Crippen LogP contribution is -2.48. The van der Waals surface area contributed by atoms with E-state index in [1.807, 2.05) is 47.9 Å². The molecule has 5 rings (SSSR count). The number of aromatic nitrogens is 4. The zero-order chi connectivity index (χ0) is 24.4. The third-order valence-corrected chi connectivity index (χ3v) is 7.08. The Labute approximate surface area is 206 Å². The van der Waals surface area contributed by atoms with Gasteiger partial charge in [0.15, 0.2) is 5.82 Å². The number of hydrogen-bond acceptors (Lipinski definition) is 8. The Morgan fingerprint density at radius 1 is 0.800 bits per heavy atom. The summed E-state index contributed by atoms with van der Waals surface area (Å²) in [7, 11) is 0. The maximum absolute atomic E-state index is 13.5. The minimum atomic E-state index is -4.45. The maximum atomic E-state index is 13.5. The number of hydrogen-bond donors (Lipinski definition) is 0. The fourth-order valence-electron chi connectivity index (χ4n) is 4.30. The van der Waals surface area contributed by atoms with Crippen molar-refractivity contribution in [1.29, 1.82) is 0 Å². The van der Waals surface area contributed by atoms with E-state index >= 15 is 0 Å². The minimum Gasteiger partial charge on any atom is -0.353 e. The summed E-state index contributed by atoms with van der Waals surface area (Å²) in [5.74, 6) is 3.83. The molecule has 0 bridgehead atoms. The van der Waals surface area contributed by atoms with Gasteiger partial charge in [0.1, 0.15) is 5.82 Å². The number of thioether (sulfide) groups is 1. The Morgan fingerprint density at radius 3 is 2.11 bits per heavy atom. The molecule has 0 atom stereocenters. The third-order valence-electron chi connectivity index (χ3n) is 6.14. The number of rotatable bonds is 4. The molecule has 0 saturated carbocycles. The van der Waals surface area contributed by atoms with Crippen LogP contribution in [0.15, 0.2) is 42.6 Å². The van der Waals surface area contributed by atoms with Gasteiger partial charge in [-0.3, -0.25) is 0 Å². The smallest absolute Gasteiger partial charge is 0.353 e. The number of anilines is 3. The molecule has 3 aromatic rings. The molecule has 4 heterocycles.